The van der Waals surface area contributed by atoms with Crippen LogP contribution in [0, 0.1) is 0 Å². The molecular formula is C28H36N4O5. The lowest BCUT2D eigenvalue weighted by Gasteiger charge is -2.37. The van der Waals surface area contributed by atoms with Gasteiger partial charge in [0.15, 0.2) is 0 Å². The molecule has 3 aliphatic heterocycles. The smallest absolute Gasteiger partial charge is 0.228 e. The van der Waals surface area contributed by atoms with Crippen molar-refractivity contribution in [3.63, 3.8) is 0 Å². The molecule has 0 saturated carbocycles. The summed E-state index contributed by atoms with van der Waals surface area (Å²) in [5.74, 6) is 0.564. The first-order valence-electron chi connectivity index (χ1n) is 13.3. The van der Waals surface area contributed by atoms with Crippen molar-refractivity contribution in [2.75, 3.05) is 38.1 Å². The number of carbonyl (C=O) groups is 2. The third-order valence-electron chi connectivity index (χ3n) is 7.51. The number of nitrogens with zero attached hydrogens (tertiary/aromatic N) is 2. The van der Waals surface area contributed by atoms with Crippen LogP contribution < -0.4 is 15.4 Å². The second-order valence-electron chi connectivity index (χ2n) is 10.2. The zero-order valence-electron chi connectivity index (χ0n) is 21.1. The Bertz CT molecular complexity index is 1080. The van der Waals surface area contributed by atoms with Crippen LogP contribution in [0.1, 0.15) is 49.1 Å². The molecule has 198 valence electrons. The zero-order valence-corrected chi connectivity index (χ0v) is 21.1. The van der Waals surface area contributed by atoms with Crippen LogP contribution in [0.5, 0.6) is 5.75 Å². The van der Waals surface area contributed by atoms with Crippen molar-refractivity contribution in [2.45, 2.75) is 62.8 Å². The topological polar surface area (TPSA) is 113 Å². The fourth-order valence-corrected chi connectivity index (χ4v) is 5.67. The number of hydrogen-bond donors (Lipinski definition) is 3. The molecule has 4 heterocycles. The molecule has 1 aromatic carbocycles. The minimum atomic E-state index is -0.512. The zero-order chi connectivity index (χ0) is 25.6. The largest absolute Gasteiger partial charge is 0.487 e. The highest BCUT2D eigenvalue weighted by Crippen LogP contribution is 2.47. The number of amides is 2. The average molecular weight is 509 g/mol. The number of carbonyl (C=O) groups excluding carboxylic acids is 2. The van der Waals surface area contributed by atoms with E-state index in [1.165, 1.54) is 19.3 Å². The molecule has 2 saturated heterocycles. The molecule has 0 unspecified atom stereocenters. The number of nitrogens with one attached hydrogen (secondary N) is 2. The molecule has 9 heteroatoms. The van der Waals surface area contributed by atoms with E-state index in [4.69, 9.17) is 9.47 Å². The number of aliphatic hydroxyl groups is 1. The number of aromatic nitrogens is 1. The monoisotopic (exact) mass is 508 g/mol. The Labute approximate surface area is 217 Å². The van der Waals surface area contributed by atoms with Gasteiger partial charge in [0.1, 0.15) is 18.0 Å². The number of pyridine rings is 1. The van der Waals surface area contributed by atoms with Crippen molar-refractivity contribution < 1.29 is 24.2 Å². The third-order valence-corrected chi connectivity index (χ3v) is 7.51. The Morgan fingerprint density at radius 2 is 1.89 bits per heavy atom. The number of hydrogen-bond acceptors (Lipinski definition) is 7. The van der Waals surface area contributed by atoms with E-state index in [0.29, 0.717) is 18.7 Å². The van der Waals surface area contributed by atoms with Gasteiger partial charge < -0.3 is 30.1 Å². The molecule has 3 aliphatic rings. The molecule has 3 N–H and O–H groups in total. The van der Waals surface area contributed by atoms with Gasteiger partial charge in [-0.3, -0.25) is 14.6 Å². The van der Waals surface area contributed by atoms with Crippen molar-refractivity contribution in [1.82, 2.24) is 15.2 Å². The number of aliphatic hydroxyl groups excluding tert-OH is 1. The number of anilines is 1. The van der Waals surface area contributed by atoms with E-state index < -0.39 is 6.10 Å². The maximum absolute atomic E-state index is 12.7. The van der Waals surface area contributed by atoms with E-state index >= 15 is 0 Å². The predicted molar refractivity (Wildman–Crippen MR) is 138 cm³/mol. The van der Waals surface area contributed by atoms with Crippen molar-refractivity contribution in [3.8, 4) is 5.75 Å². The van der Waals surface area contributed by atoms with Gasteiger partial charge in [0.2, 0.25) is 11.8 Å². The molecule has 2 fully saturated rings. The second kappa shape index (κ2) is 12.0. The van der Waals surface area contributed by atoms with Gasteiger partial charge in [-0.15, -0.1) is 0 Å². The lowest BCUT2D eigenvalue weighted by molar-refractivity contribution is -0.142. The maximum Gasteiger partial charge on any atom is 0.228 e. The van der Waals surface area contributed by atoms with Gasteiger partial charge in [-0.1, -0.05) is 6.42 Å². The van der Waals surface area contributed by atoms with Crippen molar-refractivity contribution >= 4 is 17.5 Å². The van der Waals surface area contributed by atoms with Crippen LogP contribution >= 0.6 is 0 Å². The van der Waals surface area contributed by atoms with Crippen molar-refractivity contribution in [3.05, 3.63) is 53.9 Å². The van der Waals surface area contributed by atoms with Crippen LogP contribution in [0.25, 0.3) is 0 Å². The van der Waals surface area contributed by atoms with Crippen LogP contribution in [0.15, 0.2) is 42.7 Å². The first-order chi connectivity index (χ1) is 18.1. The van der Waals surface area contributed by atoms with Crippen molar-refractivity contribution in [1.29, 1.82) is 0 Å². The summed E-state index contributed by atoms with van der Waals surface area (Å²) in [6.45, 7) is 3.54. The van der Waals surface area contributed by atoms with E-state index in [2.05, 4.69) is 20.5 Å². The molecule has 4 atom stereocenters. The Morgan fingerprint density at radius 1 is 1.08 bits per heavy atom. The number of rotatable bonds is 9. The molecule has 0 radical (unpaired) electrons. The summed E-state index contributed by atoms with van der Waals surface area (Å²) in [5.41, 5.74) is 2.56. The fraction of sp³-hybridized carbons (Fsp3) is 0.536. The van der Waals surface area contributed by atoms with E-state index in [9.17, 15) is 14.7 Å². The molecule has 1 aromatic heterocycles. The molecule has 0 spiro atoms. The van der Waals surface area contributed by atoms with Crippen LogP contribution in [0.2, 0.25) is 0 Å². The second-order valence-corrected chi connectivity index (χ2v) is 10.2. The predicted octanol–water partition coefficient (Wildman–Crippen LogP) is 2.25. The lowest BCUT2D eigenvalue weighted by Crippen LogP contribution is -2.47. The molecule has 0 aliphatic carbocycles. The van der Waals surface area contributed by atoms with Gasteiger partial charge in [-0.05, 0) is 68.2 Å². The molecule has 2 aromatic rings. The minimum absolute atomic E-state index is 0.0240. The van der Waals surface area contributed by atoms with Gasteiger partial charge in [-0.2, -0.15) is 0 Å². The highest BCUT2D eigenvalue weighted by molar-refractivity contribution is 5.92. The normalized spacial score (nSPS) is 25.0. The summed E-state index contributed by atoms with van der Waals surface area (Å²) in [4.78, 5) is 31.6. The molecule has 2 amide bonds. The summed E-state index contributed by atoms with van der Waals surface area (Å²) >= 11 is 0. The molecule has 37 heavy (non-hydrogen) atoms. The highest BCUT2D eigenvalue weighted by Gasteiger charge is 2.46. The fourth-order valence-electron chi connectivity index (χ4n) is 5.67. The average Bonchev–Trinajstić information content (AvgIpc) is 3.27. The van der Waals surface area contributed by atoms with Crippen LogP contribution in [0.3, 0.4) is 0 Å². The molecule has 0 bridgehead atoms. The number of benzene rings is 1. The Hall–Kier alpha value is -3.01. The van der Waals surface area contributed by atoms with Crippen LogP contribution in [0.4, 0.5) is 5.69 Å². The Morgan fingerprint density at radius 3 is 2.68 bits per heavy atom. The van der Waals surface area contributed by atoms with Crippen molar-refractivity contribution in [2.24, 2.45) is 0 Å². The van der Waals surface area contributed by atoms with E-state index in [0.717, 1.165) is 36.5 Å². The van der Waals surface area contributed by atoms with Gasteiger partial charge in [-0.25, -0.2) is 0 Å². The number of ether oxygens (including phenoxy) is 2. The van der Waals surface area contributed by atoms with Gasteiger partial charge in [0.25, 0.3) is 0 Å². The summed E-state index contributed by atoms with van der Waals surface area (Å²) in [7, 11) is 0. The van der Waals surface area contributed by atoms with Gasteiger partial charge in [0.05, 0.1) is 25.6 Å². The molecule has 5 rings (SSSR count). The highest BCUT2D eigenvalue weighted by atomic mass is 16.6. The summed E-state index contributed by atoms with van der Waals surface area (Å²) in [5, 5.41) is 16.0. The summed E-state index contributed by atoms with van der Waals surface area (Å²) < 4.78 is 12.2. The number of fused-ring (bicyclic) bond motifs is 3. The Kier molecular flexibility index (Phi) is 8.33. The van der Waals surface area contributed by atoms with Gasteiger partial charge >= 0.3 is 0 Å². The Balaban J connectivity index is 1.18. The maximum atomic E-state index is 12.7. The van der Waals surface area contributed by atoms with Crippen LogP contribution in [-0.4, -0.2) is 77.9 Å². The lowest BCUT2D eigenvalue weighted by atomic mass is 9.84. The van der Waals surface area contributed by atoms with E-state index in [-0.39, 0.29) is 49.4 Å². The first-order valence-corrected chi connectivity index (χ1v) is 13.3. The first kappa shape index (κ1) is 25.6. The van der Waals surface area contributed by atoms with E-state index in [1.807, 2.05) is 30.3 Å². The van der Waals surface area contributed by atoms with Gasteiger partial charge in [0, 0.05) is 42.7 Å². The molecular weight excluding hydrogens is 472 g/mol. The third kappa shape index (κ3) is 6.47. The quantitative estimate of drug-likeness (QED) is 0.476. The SMILES string of the molecule is O=C(C[C@H]1C[C@@H]2c3cc(NC(=O)Cc4ccncc4)ccc3O[C@@H]2[C@H](CO)O1)NCCN1CCCCC1. The summed E-state index contributed by atoms with van der Waals surface area (Å²) in [6.07, 6.45) is 7.08. The van der Waals surface area contributed by atoms with Crippen LogP contribution in [-0.2, 0) is 20.7 Å². The summed E-state index contributed by atoms with van der Waals surface area (Å²) in [6, 6.07) is 9.26. The van der Waals surface area contributed by atoms with E-state index in [1.54, 1.807) is 12.4 Å². The minimum Gasteiger partial charge on any atom is -0.487 e. The number of likely N-dealkylation sites (tertiary alicyclic amines) is 1. The standard InChI is InChI=1S/C28H36N4O5/c33-18-25-28-23(16-21(36-25)17-26(34)30-10-13-32-11-2-1-3-12-32)22-15-20(4-5-24(22)37-28)31-27(35)14-19-6-8-29-9-7-19/h4-9,15,21,23,25,28,33H,1-3,10-14,16-18H2,(H,30,34)(H,31,35)/t21-,23-,25+,28+/m1/s1. The number of piperidine rings is 1. The molecule has 9 nitrogen and oxygen atoms in total.